The first-order valence-electron chi connectivity index (χ1n) is 8.09. The lowest BCUT2D eigenvalue weighted by molar-refractivity contribution is 0.244. The van der Waals surface area contributed by atoms with Gasteiger partial charge in [0.15, 0.2) is 0 Å². The van der Waals surface area contributed by atoms with Gasteiger partial charge in [0.05, 0.1) is 12.4 Å². The summed E-state index contributed by atoms with van der Waals surface area (Å²) in [5.41, 5.74) is 4.44. The van der Waals surface area contributed by atoms with Gasteiger partial charge >= 0.3 is 0 Å². The molecule has 0 spiro atoms. The molecule has 0 N–H and O–H groups in total. The molecule has 0 fully saturated rings. The summed E-state index contributed by atoms with van der Waals surface area (Å²) in [5.74, 6) is -0.221. The minimum absolute atomic E-state index is 0.221. The van der Waals surface area contributed by atoms with Crippen LogP contribution in [0.3, 0.4) is 0 Å². The molecule has 0 aliphatic rings. The summed E-state index contributed by atoms with van der Waals surface area (Å²) in [6.45, 7) is 5.38. The molecule has 2 aromatic carbocycles. The fraction of sp³-hybridized carbons (Fsp3) is 0.263. The monoisotopic (exact) mass is 356 g/mol. The standard InChI is InChI=1S/C19H21FN4S/c1-14-4-5-15(2)18(10-14)23-12-21-24(19(23)25)13-22(3)11-16-6-8-17(20)9-7-16/h4-10,12H,11,13H2,1-3H3. The molecule has 0 unspecified atom stereocenters. The Morgan fingerprint density at radius 1 is 1.12 bits per heavy atom. The second-order valence-corrected chi connectivity index (χ2v) is 6.72. The number of hydrogen-bond donors (Lipinski definition) is 0. The molecule has 130 valence electrons. The third-order valence-corrected chi connectivity index (χ3v) is 4.51. The number of aryl methyl sites for hydroxylation is 2. The molecule has 3 aromatic rings. The number of benzene rings is 2. The van der Waals surface area contributed by atoms with E-state index in [9.17, 15) is 4.39 Å². The second-order valence-electron chi connectivity index (χ2n) is 6.36. The highest BCUT2D eigenvalue weighted by molar-refractivity contribution is 7.71. The van der Waals surface area contributed by atoms with Gasteiger partial charge in [0.25, 0.3) is 0 Å². The Labute approximate surface area is 152 Å². The van der Waals surface area contributed by atoms with Gasteiger partial charge in [-0.1, -0.05) is 24.3 Å². The van der Waals surface area contributed by atoms with E-state index in [-0.39, 0.29) is 5.82 Å². The van der Waals surface area contributed by atoms with Gasteiger partial charge in [-0.15, -0.1) is 0 Å². The second kappa shape index (κ2) is 7.29. The quantitative estimate of drug-likeness (QED) is 0.639. The maximum Gasteiger partial charge on any atom is 0.203 e. The molecular formula is C19H21FN4S. The molecule has 0 bridgehead atoms. The topological polar surface area (TPSA) is 26.0 Å². The third-order valence-electron chi connectivity index (χ3n) is 4.10. The average Bonchev–Trinajstić information content (AvgIpc) is 2.93. The summed E-state index contributed by atoms with van der Waals surface area (Å²) in [6, 6.07) is 12.8. The van der Waals surface area contributed by atoms with Crippen molar-refractivity contribution in [3.05, 3.63) is 76.1 Å². The van der Waals surface area contributed by atoms with Crippen LogP contribution in [0.1, 0.15) is 16.7 Å². The molecule has 6 heteroatoms. The Hall–Kier alpha value is -2.31. The maximum atomic E-state index is 13.0. The number of halogens is 1. The van der Waals surface area contributed by atoms with Crippen molar-refractivity contribution in [3.63, 3.8) is 0 Å². The summed E-state index contributed by atoms with van der Waals surface area (Å²) >= 11 is 5.60. The molecular weight excluding hydrogens is 335 g/mol. The van der Waals surface area contributed by atoms with Crippen LogP contribution in [0, 0.1) is 24.4 Å². The summed E-state index contributed by atoms with van der Waals surface area (Å²) in [6.07, 6.45) is 1.76. The zero-order valence-corrected chi connectivity index (χ0v) is 15.4. The Morgan fingerprint density at radius 3 is 2.56 bits per heavy atom. The van der Waals surface area contributed by atoms with Gasteiger partial charge in [-0.25, -0.2) is 9.07 Å². The Balaban J connectivity index is 1.78. The number of nitrogens with zero attached hydrogens (tertiary/aromatic N) is 4. The predicted molar refractivity (Wildman–Crippen MR) is 99.7 cm³/mol. The van der Waals surface area contributed by atoms with Gasteiger partial charge < -0.3 is 0 Å². The van der Waals surface area contributed by atoms with Crippen molar-refractivity contribution >= 4 is 12.2 Å². The summed E-state index contributed by atoms with van der Waals surface area (Å²) in [5, 5.41) is 4.43. The number of rotatable bonds is 5. The van der Waals surface area contributed by atoms with Gasteiger partial charge in [-0.2, -0.15) is 5.10 Å². The van der Waals surface area contributed by atoms with E-state index in [1.54, 1.807) is 23.1 Å². The average molecular weight is 356 g/mol. The predicted octanol–water partition coefficient (Wildman–Crippen LogP) is 4.25. The van der Waals surface area contributed by atoms with Crippen LogP contribution in [0.2, 0.25) is 0 Å². The molecule has 3 rings (SSSR count). The van der Waals surface area contributed by atoms with E-state index in [1.807, 2.05) is 11.6 Å². The molecule has 0 radical (unpaired) electrons. The van der Waals surface area contributed by atoms with Crippen LogP contribution in [-0.2, 0) is 13.2 Å². The van der Waals surface area contributed by atoms with E-state index < -0.39 is 0 Å². The van der Waals surface area contributed by atoms with Crippen molar-refractivity contribution in [3.8, 4) is 5.69 Å². The molecule has 0 aliphatic heterocycles. The van der Waals surface area contributed by atoms with Crippen LogP contribution in [0.5, 0.6) is 0 Å². The fourth-order valence-corrected chi connectivity index (χ4v) is 3.01. The molecule has 1 aromatic heterocycles. The van der Waals surface area contributed by atoms with Crippen molar-refractivity contribution in [2.45, 2.75) is 27.1 Å². The summed E-state index contributed by atoms with van der Waals surface area (Å²) in [7, 11) is 1.99. The molecule has 0 aliphatic carbocycles. The first-order valence-corrected chi connectivity index (χ1v) is 8.50. The van der Waals surface area contributed by atoms with Crippen LogP contribution < -0.4 is 0 Å². The maximum absolute atomic E-state index is 13.0. The Bertz CT molecular complexity index is 927. The normalized spacial score (nSPS) is 11.2. The third kappa shape index (κ3) is 4.03. The van der Waals surface area contributed by atoms with Gasteiger partial charge in [0.2, 0.25) is 4.77 Å². The van der Waals surface area contributed by atoms with Crippen molar-refractivity contribution < 1.29 is 4.39 Å². The molecule has 0 saturated carbocycles. The van der Waals surface area contributed by atoms with Crippen LogP contribution >= 0.6 is 12.2 Å². The van der Waals surface area contributed by atoms with Crippen molar-refractivity contribution in [1.82, 2.24) is 19.2 Å². The Kier molecular flexibility index (Phi) is 5.11. The number of hydrogen-bond acceptors (Lipinski definition) is 3. The van der Waals surface area contributed by atoms with Crippen molar-refractivity contribution in [1.29, 1.82) is 0 Å². The zero-order chi connectivity index (χ0) is 18.0. The van der Waals surface area contributed by atoms with E-state index >= 15 is 0 Å². The first-order chi connectivity index (χ1) is 11.9. The van der Waals surface area contributed by atoms with E-state index in [4.69, 9.17) is 12.2 Å². The fourth-order valence-electron chi connectivity index (χ4n) is 2.76. The molecule has 0 atom stereocenters. The minimum atomic E-state index is -0.221. The van der Waals surface area contributed by atoms with Crippen LogP contribution in [0.15, 0.2) is 48.8 Å². The molecule has 4 nitrogen and oxygen atoms in total. The summed E-state index contributed by atoms with van der Waals surface area (Å²) < 4.78 is 17.4. The van der Waals surface area contributed by atoms with Gasteiger partial charge in [-0.05, 0) is 68.0 Å². The van der Waals surface area contributed by atoms with Crippen LogP contribution in [-0.4, -0.2) is 26.3 Å². The van der Waals surface area contributed by atoms with E-state index in [2.05, 4.69) is 42.0 Å². The largest absolute Gasteiger partial charge is 0.283 e. The van der Waals surface area contributed by atoms with Crippen molar-refractivity contribution in [2.75, 3.05) is 7.05 Å². The van der Waals surface area contributed by atoms with Gasteiger partial charge in [0, 0.05) is 6.54 Å². The number of aromatic nitrogens is 3. The van der Waals surface area contributed by atoms with Gasteiger partial charge in [0.1, 0.15) is 12.1 Å². The Morgan fingerprint density at radius 2 is 1.84 bits per heavy atom. The molecule has 0 amide bonds. The zero-order valence-electron chi connectivity index (χ0n) is 14.6. The lowest BCUT2D eigenvalue weighted by atomic mass is 10.1. The van der Waals surface area contributed by atoms with E-state index in [0.717, 1.165) is 16.8 Å². The van der Waals surface area contributed by atoms with E-state index in [1.165, 1.54) is 17.7 Å². The molecule has 25 heavy (non-hydrogen) atoms. The van der Waals surface area contributed by atoms with Crippen LogP contribution in [0.25, 0.3) is 5.69 Å². The van der Waals surface area contributed by atoms with Gasteiger partial charge in [-0.3, -0.25) is 9.47 Å². The lowest BCUT2D eigenvalue weighted by Gasteiger charge is -2.16. The summed E-state index contributed by atoms with van der Waals surface area (Å²) in [4.78, 5) is 2.09. The molecule has 1 heterocycles. The first kappa shape index (κ1) is 17.5. The minimum Gasteiger partial charge on any atom is -0.283 e. The SMILES string of the molecule is Cc1ccc(C)c(-n2cnn(CN(C)Cc3ccc(F)cc3)c2=S)c1. The van der Waals surface area contributed by atoms with Crippen molar-refractivity contribution in [2.24, 2.45) is 0 Å². The van der Waals surface area contributed by atoms with Crippen LogP contribution in [0.4, 0.5) is 4.39 Å². The van der Waals surface area contributed by atoms with E-state index in [0.29, 0.717) is 18.0 Å². The highest BCUT2D eigenvalue weighted by Gasteiger charge is 2.09. The molecule has 0 saturated heterocycles. The highest BCUT2D eigenvalue weighted by atomic mass is 32.1. The lowest BCUT2D eigenvalue weighted by Crippen LogP contribution is -2.22. The smallest absolute Gasteiger partial charge is 0.203 e. The highest BCUT2D eigenvalue weighted by Crippen LogP contribution is 2.16.